The number of fused-ring (bicyclic) bond motifs is 1. The van der Waals surface area contributed by atoms with Crippen molar-refractivity contribution in [2.75, 3.05) is 0 Å². The second kappa shape index (κ2) is 6.58. The molecule has 8 nitrogen and oxygen atoms in total. The first-order valence-corrected chi connectivity index (χ1v) is 8.37. The highest BCUT2D eigenvalue weighted by Gasteiger charge is 2.18. The molecule has 4 rings (SSSR count). The number of carboxylic acids is 1. The largest absolute Gasteiger partial charge is 0.478 e. The van der Waals surface area contributed by atoms with Crippen LogP contribution in [-0.2, 0) is 0 Å². The summed E-state index contributed by atoms with van der Waals surface area (Å²) < 4.78 is 0. The molecule has 2 heterocycles. The molecule has 0 aliphatic heterocycles. The predicted molar refractivity (Wildman–Crippen MR) is 103 cm³/mol. The molecular weight excluding hydrogens is 360 g/mol. The van der Waals surface area contributed by atoms with Gasteiger partial charge in [0.25, 0.3) is 5.69 Å². The second-order valence-corrected chi connectivity index (χ2v) is 6.26. The zero-order chi connectivity index (χ0) is 19.8. The Balaban J connectivity index is 1.86. The van der Waals surface area contributed by atoms with E-state index >= 15 is 0 Å². The first-order chi connectivity index (χ1) is 13.5. The SMILES string of the molecule is Cc1c(-c2ncnc3[nH]c(-c4ccc(C(=O)O)cc4)cc23)cccc1[N+](=O)[O-]. The molecule has 138 valence electrons. The number of nitro groups is 1. The number of benzene rings is 2. The standard InChI is InChI=1S/C20H14N4O4/c1-11-14(3-2-4-17(11)24(27)28)18-15-9-16(23-19(15)22-10-21-18)12-5-7-13(8-6-12)20(25)26/h2-10H,1H3,(H,25,26)(H,21,22,23). The Morgan fingerprint density at radius 1 is 1.14 bits per heavy atom. The van der Waals surface area contributed by atoms with E-state index in [0.29, 0.717) is 22.5 Å². The van der Waals surface area contributed by atoms with Gasteiger partial charge in [0.1, 0.15) is 12.0 Å². The lowest BCUT2D eigenvalue weighted by molar-refractivity contribution is -0.385. The molecule has 0 aliphatic carbocycles. The van der Waals surface area contributed by atoms with Crippen LogP contribution in [0.5, 0.6) is 0 Å². The zero-order valence-electron chi connectivity index (χ0n) is 14.7. The highest BCUT2D eigenvalue weighted by Crippen LogP contribution is 2.34. The van der Waals surface area contributed by atoms with Crippen molar-refractivity contribution in [3.63, 3.8) is 0 Å². The first kappa shape index (κ1) is 17.3. The Labute approximate surface area is 158 Å². The summed E-state index contributed by atoms with van der Waals surface area (Å²) in [5.41, 5.74) is 4.15. The number of nitrogens with one attached hydrogen (secondary N) is 1. The number of nitro benzene ring substituents is 1. The summed E-state index contributed by atoms with van der Waals surface area (Å²) >= 11 is 0. The van der Waals surface area contributed by atoms with E-state index in [-0.39, 0.29) is 11.3 Å². The number of hydrogen-bond acceptors (Lipinski definition) is 5. The number of aromatic nitrogens is 3. The van der Waals surface area contributed by atoms with Crippen molar-refractivity contribution in [3.8, 4) is 22.5 Å². The van der Waals surface area contributed by atoms with E-state index < -0.39 is 10.9 Å². The summed E-state index contributed by atoms with van der Waals surface area (Å²) in [7, 11) is 0. The van der Waals surface area contributed by atoms with Crippen molar-refractivity contribution >= 4 is 22.7 Å². The van der Waals surface area contributed by atoms with Crippen LogP contribution in [0.2, 0.25) is 0 Å². The normalized spacial score (nSPS) is 10.9. The van der Waals surface area contributed by atoms with Gasteiger partial charge in [-0.1, -0.05) is 24.3 Å². The quantitative estimate of drug-likeness (QED) is 0.408. The number of rotatable bonds is 4. The molecule has 0 amide bonds. The number of hydrogen-bond donors (Lipinski definition) is 2. The van der Waals surface area contributed by atoms with Gasteiger partial charge in [0, 0.05) is 28.3 Å². The van der Waals surface area contributed by atoms with Crippen molar-refractivity contribution in [2.45, 2.75) is 6.92 Å². The molecular formula is C20H14N4O4. The monoisotopic (exact) mass is 374 g/mol. The fraction of sp³-hybridized carbons (Fsp3) is 0.0500. The average molecular weight is 374 g/mol. The highest BCUT2D eigenvalue weighted by atomic mass is 16.6. The molecule has 0 saturated heterocycles. The van der Waals surface area contributed by atoms with Gasteiger partial charge < -0.3 is 10.1 Å². The zero-order valence-corrected chi connectivity index (χ0v) is 14.7. The smallest absolute Gasteiger partial charge is 0.335 e. The Kier molecular flexibility index (Phi) is 4.08. The van der Waals surface area contributed by atoms with Gasteiger partial charge in [-0.25, -0.2) is 14.8 Å². The molecule has 28 heavy (non-hydrogen) atoms. The minimum Gasteiger partial charge on any atom is -0.478 e. The molecule has 0 fully saturated rings. The van der Waals surface area contributed by atoms with Crippen molar-refractivity contribution in [1.82, 2.24) is 15.0 Å². The number of nitrogens with zero attached hydrogens (tertiary/aromatic N) is 3. The van der Waals surface area contributed by atoms with E-state index in [4.69, 9.17) is 5.11 Å². The number of carboxylic acid groups (broad SMARTS) is 1. The average Bonchev–Trinajstić information content (AvgIpc) is 3.12. The van der Waals surface area contributed by atoms with Crippen LogP contribution in [-0.4, -0.2) is 31.0 Å². The molecule has 0 aliphatic rings. The van der Waals surface area contributed by atoms with Crippen LogP contribution in [0.25, 0.3) is 33.5 Å². The molecule has 0 unspecified atom stereocenters. The van der Waals surface area contributed by atoms with Gasteiger partial charge in [0.15, 0.2) is 0 Å². The fourth-order valence-corrected chi connectivity index (χ4v) is 3.18. The fourth-order valence-electron chi connectivity index (χ4n) is 3.18. The van der Waals surface area contributed by atoms with Gasteiger partial charge in [0.2, 0.25) is 0 Å². The third-order valence-electron chi connectivity index (χ3n) is 4.63. The number of aromatic amines is 1. The van der Waals surface area contributed by atoms with E-state index in [1.54, 1.807) is 31.2 Å². The lowest BCUT2D eigenvalue weighted by Gasteiger charge is -2.06. The van der Waals surface area contributed by atoms with Gasteiger partial charge in [-0.05, 0) is 30.7 Å². The summed E-state index contributed by atoms with van der Waals surface area (Å²) in [5.74, 6) is -0.988. The summed E-state index contributed by atoms with van der Waals surface area (Å²) in [6.45, 7) is 1.69. The molecule has 2 N–H and O–H groups in total. The third kappa shape index (κ3) is 2.86. The van der Waals surface area contributed by atoms with E-state index in [9.17, 15) is 14.9 Å². The molecule has 0 bridgehead atoms. The number of aromatic carboxylic acids is 1. The Morgan fingerprint density at radius 3 is 2.57 bits per heavy atom. The number of carbonyl (C=O) groups is 1. The summed E-state index contributed by atoms with van der Waals surface area (Å²) in [4.78, 5) is 33.7. The predicted octanol–water partition coefficient (Wildman–Crippen LogP) is 4.21. The van der Waals surface area contributed by atoms with E-state index in [1.165, 1.54) is 24.5 Å². The van der Waals surface area contributed by atoms with Crippen LogP contribution >= 0.6 is 0 Å². The minimum absolute atomic E-state index is 0.0317. The molecule has 0 saturated carbocycles. The van der Waals surface area contributed by atoms with Gasteiger partial charge in [-0.15, -0.1) is 0 Å². The lowest BCUT2D eigenvalue weighted by Crippen LogP contribution is -1.95. The van der Waals surface area contributed by atoms with Crippen LogP contribution in [0.3, 0.4) is 0 Å². The Morgan fingerprint density at radius 2 is 1.89 bits per heavy atom. The molecule has 0 radical (unpaired) electrons. The van der Waals surface area contributed by atoms with Crippen molar-refractivity contribution in [1.29, 1.82) is 0 Å². The van der Waals surface area contributed by atoms with E-state index in [1.807, 2.05) is 6.07 Å². The molecule has 2 aromatic heterocycles. The van der Waals surface area contributed by atoms with E-state index in [2.05, 4.69) is 15.0 Å². The van der Waals surface area contributed by atoms with Gasteiger partial charge >= 0.3 is 5.97 Å². The van der Waals surface area contributed by atoms with Gasteiger partial charge in [-0.3, -0.25) is 10.1 Å². The summed E-state index contributed by atoms with van der Waals surface area (Å²) in [6, 6.07) is 13.2. The number of H-pyrrole nitrogens is 1. The minimum atomic E-state index is -0.988. The Hall–Kier alpha value is -4.07. The highest BCUT2D eigenvalue weighted by molar-refractivity contribution is 5.95. The van der Waals surface area contributed by atoms with Crippen LogP contribution in [0.1, 0.15) is 15.9 Å². The third-order valence-corrected chi connectivity index (χ3v) is 4.63. The Bertz CT molecular complexity index is 1230. The molecule has 8 heteroatoms. The molecule has 0 spiro atoms. The van der Waals surface area contributed by atoms with Crippen molar-refractivity contribution < 1.29 is 14.8 Å². The molecule has 2 aromatic carbocycles. The van der Waals surface area contributed by atoms with Gasteiger partial charge in [-0.2, -0.15) is 0 Å². The first-order valence-electron chi connectivity index (χ1n) is 8.37. The lowest BCUT2D eigenvalue weighted by atomic mass is 10.0. The molecule has 0 atom stereocenters. The maximum absolute atomic E-state index is 11.3. The maximum atomic E-state index is 11.3. The van der Waals surface area contributed by atoms with Crippen molar-refractivity contribution in [3.05, 3.63) is 76.1 Å². The van der Waals surface area contributed by atoms with Gasteiger partial charge in [0.05, 0.1) is 16.2 Å². The summed E-state index contributed by atoms with van der Waals surface area (Å²) in [6.07, 6.45) is 1.41. The molecule has 4 aromatic rings. The summed E-state index contributed by atoms with van der Waals surface area (Å²) in [5, 5.41) is 21.0. The van der Waals surface area contributed by atoms with Crippen LogP contribution < -0.4 is 0 Å². The van der Waals surface area contributed by atoms with E-state index in [0.717, 1.165) is 16.6 Å². The van der Waals surface area contributed by atoms with Crippen LogP contribution in [0.4, 0.5) is 5.69 Å². The van der Waals surface area contributed by atoms with Crippen LogP contribution in [0, 0.1) is 17.0 Å². The topological polar surface area (TPSA) is 122 Å². The maximum Gasteiger partial charge on any atom is 0.335 e. The van der Waals surface area contributed by atoms with Crippen molar-refractivity contribution in [2.24, 2.45) is 0 Å². The second-order valence-electron chi connectivity index (χ2n) is 6.26. The van der Waals surface area contributed by atoms with Crippen LogP contribution in [0.15, 0.2) is 54.9 Å².